The zero-order chi connectivity index (χ0) is 20.6. The van der Waals surface area contributed by atoms with Crippen molar-refractivity contribution in [1.29, 1.82) is 0 Å². The molecule has 0 bridgehead atoms. The number of unbranched alkanes of at least 4 members (excludes halogenated alkanes) is 3. The predicted molar refractivity (Wildman–Crippen MR) is 115 cm³/mol. The number of ether oxygens (including phenoxy) is 1. The smallest absolute Gasteiger partial charge is 0.306 e. The molecule has 0 aliphatic heterocycles. The van der Waals surface area contributed by atoms with Gasteiger partial charge < -0.3 is 4.74 Å². The molecule has 0 amide bonds. The van der Waals surface area contributed by atoms with E-state index < -0.39 is 0 Å². The van der Waals surface area contributed by atoms with E-state index in [9.17, 15) is 9.59 Å². The van der Waals surface area contributed by atoms with Gasteiger partial charge in [-0.2, -0.15) is 0 Å². The van der Waals surface area contributed by atoms with Crippen LogP contribution in [0.1, 0.15) is 111 Å². The molecule has 4 aliphatic rings. The molecule has 4 saturated carbocycles. The van der Waals surface area contributed by atoms with Gasteiger partial charge in [-0.15, -0.1) is 0 Å². The second-order valence-corrected chi connectivity index (χ2v) is 11.3. The summed E-state index contributed by atoms with van der Waals surface area (Å²) >= 11 is 0. The van der Waals surface area contributed by atoms with Crippen LogP contribution in [-0.2, 0) is 14.3 Å². The Labute approximate surface area is 177 Å². The summed E-state index contributed by atoms with van der Waals surface area (Å²) in [4.78, 5) is 24.9. The number of carbonyl (C=O) groups is 2. The predicted octanol–water partition coefficient (Wildman–Crippen LogP) is 6.48. The average Bonchev–Trinajstić information content (AvgIpc) is 3.00. The van der Waals surface area contributed by atoms with Crippen LogP contribution in [0.3, 0.4) is 0 Å². The van der Waals surface area contributed by atoms with Crippen molar-refractivity contribution in [3.05, 3.63) is 0 Å². The summed E-state index contributed by atoms with van der Waals surface area (Å²) in [6, 6.07) is 0. The zero-order valence-corrected chi connectivity index (χ0v) is 19.0. The second kappa shape index (κ2) is 8.35. The van der Waals surface area contributed by atoms with Crippen molar-refractivity contribution >= 4 is 11.8 Å². The van der Waals surface area contributed by atoms with E-state index in [2.05, 4.69) is 20.8 Å². The summed E-state index contributed by atoms with van der Waals surface area (Å²) in [5.74, 6) is 3.42. The van der Waals surface area contributed by atoms with Crippen molar-refractivity contribution in [1.82, 2.24) is 0 Å². The molecule has 4 aliphatic carbocycles. The summed E-state index contributed by atoms with van der Waals surface area (Å²) in [5, 5.41) is 0. The molecule has 29 heavy (non-hydrogen) atoms. The number of ketones is 1. The molecule has 3 heteroatoms. The summed E-state index contributed by atoms with van der Waals surface area (Å²) in [7, 11) is 0. The average molecular weight is 403 g/mol. The number of esters is 1. The molecule has 0 heterocycles. The second-order valence-electron chi connectivity index (χ2n) is 11.3. The first-order valence-electron chi connectivity index (χ1n) is 12.6. The SMILES string of the molecule is CCCCCCC(=O)O[C@@H]1CC[C@@]2(C)C(CC[C@@H]3[C@@H]2CC[C@]2(C)C(=O)CC[C@@H]32)C1. The van der Waals surface area contributed by atoms with Gasteiger partial charge in [0.15, 0.2) is 0 Å². The molecule has 0 spiro atoms. The molecule has 0 aromatic heterocycles. The Hall–Kier alpha value is -0.860. The van der Waals surface area contributed by atoms with Crippen LogP contribution in [0, 0.1) is 34.5 Å². The fourth-order valence-electron chi connectivity index (χ4n) is 8.04. The lowest BCUT2D eigenvalue weighted by molar-refractivity contribution is -0.162. The Kier molecular flexibility index (Phi) is 6.15. The minimum atomic E-state index is -0.0190. The van der Waals surface area contributed by atoms with Gasteiger partial charge in [0.1, 0.15) is 11.9 Å². The normalized spacial score (nSPS) is 44.0. The van der Waals surface area contributed by atoms with Crippen molar-refractivity contribution in [2.75, 3.05) is 0 Å². The van der Waals surface area contributed by atoms with Gasteiger partial charge in [0.05, 0.1) is 0 Å². The van der Waals surface area contributed by atoms with Gasteiger partial charge in [-0.3, -0.25) is 9.59 Å². The van der Waals surface area contributed by atoms with Crippen LogP contribution in [0.2, 0.25) is 0 Å². The van der Waals surface area contributed by atoms with Crippen molar-refractivity contribution < 1.29 is 14.3 Å². The fraction of sp³-hybridized carbons (Fsp3) is 0.923. The molecule has 0 radical (unpaired) electrons. The van der Waals surface area contributed by atoms with Crippen molar-refractivity contribution in [3.8, 4) is 0 Å². The van der Waals surface area contributed by atoms with Crippen LogP contribution in [0.25, 0.3) is 0 Å². The summed E-state index contributed by atoms with van der Waals surface area (Å²) in [5.41, 5.74) is 0.370. The lowest BCUT2D eigenvalue weighted by Gasteiger charge is -2.60. The van der Waals surface area contributed by atoms with Crippen LogP contribution in [0.4, 0.5) is 0 Å². The van der Waals surface area contributed by atoms with E-state index in [1.165, 1.54) is 38.5 Å². The monoisotopic (exact) mass is 402 g/mol. The fourth-order valence-corrected chi connectivity index (χ4v) is 8.04. The first kappa shape index (κ1) is 21.4. The maximum atomic E-state index is 12.6. The van der Waals surface area contributed by atoms with E-state index in [-0.39, 0.29) is 17.5 Å². The molecule has 3 nitrogen and oxygen atoms in total. The van der Waals surface area contributed by atoms with Crippen molar-refractivity contribution in [3.63, 3.8) is 0 Å². The Balaban J connectivity index is 1.35. The van der Waals surface area contributed by atoms with Crippen LogP contribution < -0.4 is 0 Å². The molecule has 4 fully saturated rings. The van der Waals surface area contributed by atoms with Gasteiger partial charge in [-0.1, -0.05) is 40.0 Å². The third-order valence-corrected chi connectivity index (χ3v) is 9.86. The standard InChI is InChI=1S/C26H42O3/c1-4-5-6-7-8-24(28)29-19-13-15-25(2)18(17-19)9-10-20-21-11-12-23(27)26(21,3)16-14-22(20)25/h18-22H,4-17H2,1-3H3/t18?,19-,20+,21+,22+,25+,26+/m1/s1. The molecule has 7 atom stereocenters. The number of hydrogen-bond acceptors (Lipinski definition) is 3. The van der Waals surface area contributed by atoms with Gasteiger partial charge in [0.25, 0.3) is 0 Å². The summed E-state index contributed by atoms with van der Waals surface area (Å²) in [6.45, 7) is 7.01. The highest BCUT2D eigenvalue weighted by molar-refractivity contribution is 5.87. The largest absolute Gasteiger partial charge is 0.462 e. The van der Waals surface area contributed by atoms with E-state index in [1.54, 1.807) is 0 Å². The van der Waals surface area contributed by atoms with Gasteiger partial charge in [-0.25, -0.2) is 0 Å². The topological polar surface area (TPSA) is 43.4 Å². The lowest BCUT2D eigenvalue weighted by atomic mass is 9.45. The molecule has 1 unspecified atom stereocenters. The third kappa shape index (κ3) is 3.81. The molecule has 0 N–H and O–H groups in total. The number of rotatable bonds is 6. The molecule has 4 rings (SSSR count). The Morgan fingerprint density at radius 2 is 1.83 bits per heavy atom. The number of carbonyl (C=O) groups excluding carboxylic acids is 2. The van der Waals surface area contributed by atoms with Crippen molar-refractivity contribution in [2.24, 2.45) is 34.5 Å². The highest BCUT2D eigenvalue weighted by Crippen LogP contribution is 2.65. The molecule has 164 valence electrons. The Morgan fingerprint density at radius 3 is 2.62 bits per heavy atom. The maximum absolute atomic E-state index is 12.6. The molecular weight excluding hydrogens is 360 g/mol. The summed E-state index contributed by atoms with van der Waals surface area (Å²) in [6.07, 6.45) is 15.4. The minimum absolute atomic E-state index is 0.0190. The van der Waals surface area contributed by atoms with Gasteiger partial charge in [0.2, 0.25) is 0 Å². The molecule has 0 aromatic rings. The first-order chi connectivity index (χ1) is 13.9. The number of hydrogen-bond donors (Lipinski definition) is 0. The third-order valence-electron chi connectivity index (χ3n) is 9.86. The Bertz CT molecular complexity index is 627. The quantitative estimate of drug-likeness (QED) is 0.377. The zero-order valence-electron chi connectivity index (χ0n) is 19.0. The minimum Gasteiger partial charge on any atom is -0.462 e. The van der Waals surface area contributed by atoms with E-state index in [0.717, 1.165) is 56.8 Å². The maximum Gasteiger partial charge on any atom is 0.306 e. The Morgan fingerprint density at radius 1 is 1.00 bits per heavy atom. The van der Waals surface area contributed by atoms with Gasteiger partial charge >= 0.3 is 5.97 Å². The summed E-state index contributed by atoms with van der Waals surface area (Å²) < 4.78 is 5.92. The number of fused-ring (bicyclic) bond motifs is 5. The van der Waals surface area contributed by atoms with Gasteiger partial charge in [-0.05, 0) is 86.9 Å². The number of Topliss-reactive ketones (excluding diaryl/α,β-unsaturated/α-hetero) is 1. The van der Waals surface area contributed by atoms with Crippen LogP contribution in [0.5, 0.6) is 0 Å². The van der Waals surface area contributed by atoms with E-state index in [1.807, 2.05) is 0 Å². The molecule has 0 saturated heterocycles. The van der Waals surface area contributed by atoms with Crippen LogP contribution in [-0.4, -0.2) is 17.9 Å². The lowest BCUT2D eigenvalue weighted by Crippen LogP contribution is -2.54. The van der Waals surface area contributed by atoms with E-state index in [4.69, 9.17) is 4.74 Å². The van der Waals surface area contributed by atoms with Crippen LogP contribution in [0.15, 0.2) is 0 Å². The highest BCUT2D eigenvalue weighted by Gasteiger charge is 2.60. The molecule has 0 aromatic carbocycles. The van der Waals surface area contributed by atoms with Crippen molar-refractivity contribution in [2.45, 2.75) is 117 Å². The van der Waals surface area contributed by atoms with Crippen LogP contribution >= 0.6 is 0 Å². The molecular formula is C26H42O3. The highest BCUT2D eigenvalue weighted by atomic mass is 16.5. The first-order valence-corrected chi connectivity index (χ1v) is 12.6. The van der Waals surface area contributed by atoms with E-state index in [0.29, 0.717) is 29.5 Å². The van der Waals surface area contributed by atoms with E-state index >= 15 is 0 Å². The van der Waals surface area contributed by atoms with Gasteiger partial charge in [0, 0.05) is 18.3 Å².